The summed E-state index contributed by atoms with van der Waals surface area (Å²) in [5.41, 5.74) is 12.5. The van der Waals surface area contributed by atoms with Crippen molar-refractivity contribution in [2.45, 2.75) is 19.4 Å². The SMILES string of the molecule is NC(N)=Nc1ccc(C(=O)Oc2ccc(CCC(=O)N(CC(=O)O)Cc3csc(OC(=O)O)c3)c(Cl)c2)cc1. The van der Waals surface area contributed by atoms with Gasteiger partial charge in [0.15, 0.2) is 11.0 Å². The third-order valence-corrected chi connectivity index (χ3v) is 6.28. The summed E-state index contributed by atoms with van der Waals surface area (Å²) in [6.07, 6.45) is -1.32. The Morgan fingerprint density at radius 3 is 2.33 bits per heavy atom. The van der Waals surface area contributed by atoms with Crippen LogP contribution in [-0.2, 0) is 22.6 Å². The number of thiophene rings is 1. The summed E-state index contributed by atoms with van der Waals surface area (Å²) in [6.45, 7) is -0.584. The van der Waals surface area contributed by atoms with E-state index in [9.17, 15) is 24.3 Å². The highest BCUT2D eigenvalue weighted by atomic mass is 35.5. The summed E-state index contributed by atoms with van der Waals surface area (Å²) < 4.78 is 9.93. The van der Waals surface area contributed by atoms with Crippen LogP contribution < -0.4 is 20.9 Å². The van der Waals surface area contributed by atoms with Gasteiger partial charge in [0, 0.05) is 18.0 Å². The maximum atomic E-state index is 12.8. The van der Waals surface area contributed by atoms with Gasteiger partial charge in [-0.3, -0.25) is 9.59 Å². The van der Waals surface area contributed by atoms with E-state index in [4.69, 9.17) is 32.9 Å². The second-order valence-corrected chi connectivity index (χ2v) is 9.29. The van der Waals surface area contributed by atoms with Crippen LogP contribution in [0.15, 0.2) is 58.9 Å². The van der Waals surface area contributed by atoms with Crippen LogP contribution >= 0.6 is 22.9 Å². The molecule has 39 heavy (non-hydrogen) atoms. The summed E-state index contributed by atoms with van der Waals surface area (Å²) in [6, 6.07) is 12.1. The van der Waals surface area contributed by atoms with Crippen molar-refractivity contribution in [3.63, 3.8) is 0 Å². The first-order valence-corrected chi connectivity index (χ1v) is 12.4. The molecule has 204 valence electrons. The molecule has 0 aliphatic rings. The molecule has 2 aromatic carbocycles. The van der Waals surface area contributed by atoms with E-state index in [1.807, 2.05) is 0 Å². The third-order valence-electron chi connectivity index (χ3n) is 5.07. The van der Waals surface area contributed by atoms with Crippen LogP contribution in [0.4, 0.5) is 10.5 Å². The molecule has 0 bridgehead atoms. The first-order valence-electron chi connectivity index (χ1n) is 11.2. The van der Waals surface area contributed by atoms with Crippen molar-refractivity contribution >= 4 is 58.6 Å². The zero-order chi connectivity index (χ0) is 28.5. The number of carboxylic acid groups (broad SMARTS) is 2. The standard InChI is InChI=1S/C25H23ClN4O8S/c26-19-10-18(37-23(34)16-1-5-17(6-2-16)29-24(27)28)7-3-15(19)4-8-20(31)30(12-21(32)33)11-14-9-22(39-13-14)38-25(35)36/h1-3,5-7,9-10,13H,4,8,11-12H2,(H,32,33)(H,35,36)(H4,27,28,29). The lowest BCUT2D eigenvalue weighted by Crippen LogP contribution is -2.35. The molecule has 0 radical (unpaired) electrons. The smallest absolute Gasteiger partial charge is 0.480 e. The Labute approximate surface area is 231 Å². The normalized spacial score (nSPS) is 10.4. The van der Waals surface area contributed by atoms with E-state index in [2.05, 4.69) is 9.73 Å². The lowest BCUT2D eigenvalue weighted by atomic mass is 10.1. The van der Waals surface area contributed by atoms with Crippen LogP contribution in [0.3, 0.4) is 0 Å². The average Bonchev–Trinajstić information content (AvgIpc) is 3.28. The number of nitrogens with two attached hydrogens (primary N) is 2. The van der Waals surface area contributed by atoms with Gasteiger partial charge in [0.2, 0.25) is 5.91 Å². The maximum absolute atomic E-state index is 12.8. The number of nitrogens with zero attached hydrogens (tertiary/aromatic N) is 2. The summed E-state index contributed by atoms with van der Waals surface area (Å²) in [4.78, 5) is 52.2. The number of ether oxygens (including phenoxy) is 2. The number of benzene rings is 2. The third kappa shape index (κ3) is 9.02. The van der Waals surface area contributed by atoms with Gasteiger partial charge in [-0.05, 0) is 65.4 Å². The molecule has 14 heteroatoms. The van der Waals surface area contributed by atoms with Gasteiger partial charge < -0.3 is 36.1 Å². The van der Waals surface area contributed by atoms with Crippen LogP contribution in [0, 0.1) is 0 Å². The van der Waals surface area contributed by atoms with Gasteiger partial charge in [0.1, 0.15) is 12.3 Å². The number of carbonyl (C=O) groups excluding carboxylic acids is 2. The Balaban J connectivity index is 1.60. The number of aliphatic carboxylic acids is 1. The Morgan fingerprint density at radius 2 is 1.72 bits per heavy atom. The number of amides is 1. The molecule has 6 N–H and O–H groups in total. The number of aryl methyl sites for hydroxylation is 1. The van der Waals surface area contributed by atoms with E-state index in [0.29, 0.717) is 16.8 Å². The molecule has 0 saturated heterocycles. The highest BCUT2D eigenvalue weighted by molar-refractivity contribution is 7.12. The first-order chi connectivity index (χ1) is 18.5. The molecular weight excluding hydrogens is 552 g/mol. The molecule has 3 aromatic rings. The van der Waals surface area contributed by atoms with Crippen molar-refractivity contribution < 1.29 is 38.9 Å². The number of halogens is 1. The number of rotatable bonds is 11. The van der Waals surface area contributed by atoms with Crippen molar-refractivity contribution in [2.24, 2.45) is 16.5 Å². The van der Waals surface area contributed by atoms with Gasteiger partial charge in [-0.2, -0.15) is 0 Å². The van der Waals surface area contributed by atoms with Crippen LogP contribution in [0.5, 0.6) is 10.8 Å². The molecule has 3 rings (SSSR count). The summed E-state index contributed by atoms with van der Waals surface area (Å²) in [7, 11) is 0. The lowest BCUT2D eigenvalue weighted by molar-refractivity contribution is -0.144. The molecule has 0 aliphatic heterocycles. The van der Waals surface area contributed by atoms with Gasteiger partial charge in [0.05, 0.1) is 11.3 Å². The van der Waals surface area contributed by atoms with Gasteiger partial charge in [0.25, 0.3) is 0 Å². The number of esters is 1. The minimum Gasteiger partial charge on any atom is -0.480 e. The number of aliphatic imine (C=N–C) groups is 1. The van der Waals surface area contributed by atoms with Gasteiger partial charge >= 0.3 is 18.1 Å². The van der Waals surface area contributed by atoms with Gasteiger partial charge in [-0.15, -0.1) is 11.3 Å². The van der Waals surface area contributed by atoms with Crippen molar-refractivity contribution in [1.82, 2.24) is 4.90 Å². The molecule has 0 aliphatic carbocycles. The fourth-order valence-corrected chi connectivity index (χ4v) is 4.39. The monoisotopic (exact) mass is 574 g/mol. The number of carboxylic acids is 1. The predicted molar refractivity (Wildman–Crippen MR) is 143 cm³/mol. The Bertz CT molecular complexity index is 1400. The molecular formula is C25H23ClN4O8S. The quantitative estimate of drug-likeness (QED) is 0.114. The van der Waals surface area contributed by atoms with Crippen molar-refractivity contribution in [2.75, 3.05) is 6.54 Å². The van der Waals surface area contributed by atoms with Crippen LogP contribution in [0.1, 0.15) is 27.9 Å². The molecule has 1 aromatic heterocycles. The molecule has 0 saturated carbocycles. The Hall–Kier alpha value is -4.62. The Morgan fingerprint density at radius 1 is 1.00 bits per heavy atom. The number of carbonyl (C=O) groups is 4. The summed E-state index contributed by atoms with van der Waals surface area (Å²) in [5, 5.41) is 19.9. The van der Waals surface area contributed by atoms with Crippen molar-refractivity contribution in [3.05, 3.63) is 75.6 Å². The van der Waals surface area contributed by atoms with E-state index in [1.165, 1.54) is 30.3 Å². The molecule has 12 nitrogen and oxygen atoms in total. The minimum absolute atomic E-state index is 0.0415. The molecule has 0 spiro atoms. The van der Waals surface area contributed by atoms with Gasteiger partial charge in [-0.1, -0.05) is 17.7 Å². The van der Waals surface area contributed by atoms with Crippen molar-refractivity contribution in [1.29, 1.82) is 0 Å². The van der Waals surface area contributed by atoms with E-state index in [0.717, 1.165) is 16.2 Å². The topological polar surface area (TPSA) is 195 Å². The minimum atomic E-state index is -1.47. The fourth-order valence-electron chi connectivity index (χ4n) is 3.37. The second-order valence-electron chi connectivity index (χ2n) is 8.01. The maximum Gasteiger partial charge on any atom is 0.512 e. The predicted octanol–water partition coefficient (Wildman–Crippen LogP) is 3.63. The van der Waals surface area contributed by atoms with Crippen LogP contribution in [-0.4, -0.2) is 51.6 Å². The van der Waals surface area contributed by atoms with E-state index < -0.39 is 30.5 Å². The van der Waals surface area contributed by atoms with E-state index in [-0.39, 0.29) is 46.7 Å². The van der Waals surface area contributed by atoms with E-state index in [1.54, 1.807) is 23.6 Å². The molecule has 0 fully saturated rings. The zero-order valence-electron chi connectivity index (χ0n) is 20.2. The highest BCUT2D eigenvalue weighted by Gasteiger charge is 2.19. The Kier molecular flexibility index (Phi) is 9.84. The lowest BCUT2D eigenvalue weighted by Gasteiger charge is -2.20. The number of hydrogen-bond acceptors (Lipinski definition) is 8. The fraction of sp³-hybridized carbons (Fsp3) is 0.160. The first kappa shape index (κ1) is 28.9. The van der Waals surface area contributed by atoms with Crippen molar-refractivity contribution in [3.8, 4) is 10.8 Å². The second kappa shape index (κ2) is 13.3. The molecule has 0 atom stereocenters. The average molecular weight is 575 g/mol. The van der Waals surface area contributed by atoms with Crippen LogP contribution in [0.25, 0.3) is 0 Å². The molecule has 0 unspecified atom stereocenters. The summed E-state index contributed by atoms with van der Waals surface area (Å²) >= 11 is 7.35. The largest absolute Gasteiger partial charge is 0.512 e. The van der Waals surface area contributed by atoms with E-state index >= 15 is 0 Å². The molecule has 1 amide bonds. The summed E-state index contributed by atoms with van der Waals surface area (Å²) in [5.74, 6) is -2.19. The zero-order valence-corrected chi connectivity index (χ0v) is 21.8. The van der Waals surface area contributed by atoms with Gasteiger partial charge in [-0.25, -0.2) is 14.6 Å². The highest BCUT2D eigenvalue weighted by Crippen LogP contribution is 2.26. The number of hydrogen-bond donors (Lipinski definition) is 4. The molecule has 1 heterocycles. The number of guanidine groups is 1. The van der Waals surface area contributed by atoms with Crippen LogP contribution in [0.2, 0.25) is 5.02 Å².